The van der Waals surface area contributed by atoms with Gasteiger partial charge in [-0.1, -0.05) is 54.1 Å². The number of carbonyl (C=O) groups excluding carboxylic acids is 2. The summed E-state index contributed by atoms with van der Waals surface area (Å²) in [6, 6.07) is 16.0. The van der Waals surface area contributed by atoms with Crippen molar-refractivity contribution in [3.8, 4) is 0 Å². The Morgan fingerprint density at radius 2 is 1.85 bits per heavy atom. The number of hydrogen-bond acceptors (Lipinski definition) is 2. The van der Waals surface area contributed by atoms with Crippen molar-refractivity contribution in [3.63, 3.8) is 0 Å². The van der Waals surface area contributed by atoms with Gasteiger partial charge in [0.25, 0.3) is 0 Å². The Morgan fingerprint density at radius 1 is 1.12 bits per heavy atom. The van der Waals surface area contributed by atoms with Gasteiger partial charge in [-0.15, -0.1) is 0 Å². The van der Waals surface area contributed by atoms with Crippen molar-refractivity contribution < 1.29 is 9.59 Å². The molecular formula is C22H26N2O2. The van der Waals surface area contributed by atoms with E-state index < -0.39 is 0 Å². The summed E-state index contributed by atoms with van der Waals surface area (Å²) in [4.78, 5) is 24.3. The van der Waals surface area contributed by atoms with Crippen LogP contribution in [0.15, 0.2) is 48.5 Å². The summed E-state index contributed by atoms with van der Waals surface area (Å²) >= 11 is 0. The van der Waals surface area contributed by atoms with Gasteiger partial charge < -0.3 is 10.6 Å². The van der Waals surface area contributed by atoms with Gasteiger partial charge in [0.2, 0.25) is 11.8 Å². The van der Waals surface area contributed by atoms with E-state index in [0.29, 0.717) is 0 Å². The van der Waals surface area contributed by atoms with Crippen molar-refractivity contribution in [3.05, 3.63) is 70.8 Å². The van der Waals surface area contributed by atoms with Gasteiger partial charge in [0.1, 0.15) is 0 Å². The Hall–Kier alpha value is -2.62. The summed E-state index contributed by atoms with van der Waals surface area (Å²) < 4.78 is 0. The summed E-state index contributed by atoms with van der Waals surface area (Å²) in [7, 11) is 0. The van der Waals surface area contributed by atoms with E-state index >= 15 is 0 Å². The zero-order valence-electron chi connectivity index (χ0n) is 15.4. The molecule has 1 aliphatic rings. The molecule has 0 radical (unpaired) electrons. The van der Waals surface area contributed by atoms with Gasteiger partial charge in [-0.25, -0.2) is 0 Å². The topological polar surface area (TPSA) is 58.2 Å². The quantitative estimate of drug-likeness (QED) is 0.863. The van der Waals surface area contributed by atoms with Crippen molar-refractivity contribution in [1.82, 2.24) is 10.6 Å². The SMILES string of the molecule is CC(=O)NC(CC(=O)NC1CCCc2ccccc21)c1ccc(C)cc1. The third-order valence-electron chi connectivity index (χ3n) is 4.95. The number of nitrogens with one attached hydrogen (secondary N) is 2. The lowest BCUT2D eigenvalue weighted by atomic mass is 9.87. The van der Waals surface area contributed by atoms with E-state index in [4.69, 9.17) is 0 Å². The number of fused-ring (bicyclic) bond motifs is 1. The largest absolute Gasteiger partial charge is 0.349 e. The molecule has 1 aliphatic carbocycles. The molecule has 0 bridgehead atoms. The third kappa shape index (κ3) is 4.51. The first-order chi connectivity index (χ1) is 12.5. The second kappa shape index (κ2) is 8.17. The smallest absolute Gasteiger partial charge is 0.222 e. The van der Waals surface area contributed by atoms with Crippen molar-refractivity contribution >= 4 is 11.8 Å². The van der Waals surface area contributed by atoms with Crippen LogP contribution in [-0.2, 0) is 16.0 Å². The van der Waals surface area contributed by atoms with Gasteiger partial charge in [-0.05, 0) is 42.9 Å². The molecule has 4 heteroatoms. The van der Waals surface area contributed by atoms with Crippen LogP contribution in [0.2, 0.25) is 0 Å². The number of carbonyl (C=O) groups is 2. The number of hydrogen-bond donors (Lipinski definition) is 2. The molecule has 2 aromatic rings. The van der Waals surface area contributed by atoms with Crippen LogP contribution in [0, 0.1) is 6.92 Å². The van der Waals surface area contributed by atoms with Gasteiger partial charge in [-0.2, -0.15) is 0 Å². The Kier molecular flexibility index (Phi) is 5.71. The fourth-order valence-corrected chi connectivity index (χ4v) is 3.64. The minimum absolute atomic E-state index is 0.0361. The first-order valence-corrected chi connectivity index (χ1v) is 9.24. The molecule has 26 heavy (non-hydrogen) atoms. The van der Waals surface area contributed by atoms with Gasteiger partial charge in [0.15, 0.2) is 0 Å². The van der Waals surface area contributed by atoms with Crippen molar-refractivity contribution in [2.75, 3.05) is 0 Å². The summed E-state index contributed by atoms with van der Waals surface area (Å²) in [6.07, 6.45) is 3.34. The highest BCUT2D eigenvalue weighted by Gasteiger charge is 2.23. The third-order valence-corrected chi connectivity index (χ3v) is 4.95. The predicted octanol–water partition coefficient (Wildman–Crippen LogP) is 3.76. The number of rotatable bonds is 5. The van der Waals surface area contributed by atoms with Crippen LogP contribution in [0.1, 0.15) is 60.5 Å². The molecule has 0 saturated heterocycles. The van der Waals surface area contributed by atoms with Crippen LogP contribution in [-0.4, -0.2) is 11.8 Å². The summed E-state index contributed by atoms with van der Waals surface area (Å²) in [5.41, 5.74) is 4.64. The predicted molar refractivity (Wildman–Crippen MR) is 103 cm³/mol. The highest BCUT2D eigenvalue weighted by molar-refractivity contribution is 5.79. The zero-order chi connectivity index (χ0) is 18.5. The Balaban J connectivity index is 1.70. The zero-order valence-corrected chi connectivity index (χ0v) is 15.4. The van der Waals surface area contributed by atoms with Crippen LogP contribution in [0.25, 0.3) is 0 Å². The normalized spacial score (nSPS) is 17.1. The minimum atomic E-state index is -0.313. The molecule has 0 fully saturated rings. The van der Waals surface area contributed by atoms with Gasteiger partial charge in [0, 0.05) is 6.92 Å². The van der Waals surface area contributed by atoms with Crippen LogP contribution < -0.4 is 10.6 Å². The van der Waals surface area contributed by atoms with Crippen molar-refractivity contribution in [2.45, 2.75) is 51.6 Å². The van der Waals surface area contributed by atoms with E-state index in [9.17, 15) is 9.59 Å². The van der Waals surface area contributed by atoms with Gasteiger partial charge in [0.05, 0.1) is 18.5 Å². The van der Waals surface area contributed by atoms with E-state index in [1.165, 1.54) is 18.1 Å². The second-order valence-corrected chi connectivity index (χ2v) is 7.08. The number of aryl methyl sites for hydroxylation is 2. The summed E-state index contributed by atoms with van der Waals surface area (Å²) in [5, 5.41) is 6.07. The lowest BCUT2D eigenvalue weighted by molar-refractivity contribution is -0.123. The fourth-order valence-electron chi connectivity index (χ4n) is 3.64. The molecule has 0 saturated carbocycles. The first kappa shape index (κ1) is 18.2. The Morgan fingerprint density at radius 3 is 2.58 bits per heavy atom. The molecule has 2 amide bonds. The molecule has 3 rings (SSSR count). The van der Waals surface area contributed by atoms with Gasteiger partial charge >= 0.3 is 0 Å². The highest BCUT2D eigenvalue weighted by atomic mass is 16.2. The maximum absolute atomic E-state index is 12.7. The van der Waals surface area contributed by atoms with E-state index in [1.807, 2.05) is 43.3 Å². The Labute approximate surface area is 155 Å². The molecule has 2 atom stereocenters. The van der Waals surface area contributed by atoms with Crippen LogP contribution in [0.3, 0.4) is 0 Å². The number of benzene rings is 2. The van der Waals surface area contributed by atoms with E-state index in [0.717, 1.165) is 30.4 Å². The van der Waals surface area contributed by atoms with Crippen molar-refractivity contribution in [2.24, 2.45) is 0 Å². The van der Waals surface area contributed by atoms with E-state index in [1.54, 1.807) is 0 Å². The lowest BCUT2D eigenvalue weighted by Gasteiger charge is -2.27. The number of amides is 2. The molecule has 2 unspecified atom stereocenters. The molecule has 0 aliphatic heterocycles. The van der Waals surface area contributed by atoms with E-state index in [-0.39, 0.29) is 30.3 Å². The molecule has 0 spiro atoms. The molecular weight excluding hydrogens is 324 g/mol. The summed E-state index contributed by atoms with van der Waals surface area (Å²) in [6.45, 7) is 3.50. The van der Waals surface area contributed by atoms with Gasteiger partial charge in [-0.3, -0.25) is 9.59 Å². The van der Waals surface area contributed by atoms with Crippen molar-refractivity contribution in [1.29, 1.82) is 0 Å². The maximum Gasteiger partial charge on any atom is 0.222 e. The molecule has 2 N–H and O–H groups in total. The highest BCUT2D eigenvalue weighted by Crippen LogP contribution is 2.29. The van der Waals surface area contributed by atoms with Crippen LogP contribution >= 0.6 is 0 Å². The standard InChI is InChI=1S/C22H26N2O2/c1-15-10-12-18(13-11-15)21(23-16(2)25)14-22(26)24-20-9-5-7-17-6-3-4-8-19(17)20/h3-4,6,8,10-13,20-21H,5,7,9,14H2,1-2H3,(H,23,25)(H,24,26). The maximum atomic E-state index is 12.7. The fraction of sp³-hybridized carbons (Fsp3) is 0.364. The molecule has 0 heterocycles. The van der Waals surface area contributed by atoms with E-state index in [2.05, 4.69) is 22.8 Å². The average molecular weight is 350 g/mol. The monoisotopic (exact) mass is 350 g/mol. The average Bonchev–Trinajstić information content (AvgIpc) is 2.62. The lowest BCUT2D eigenvalue weighted by Crippen LogP contribution is -2.35. The molecule has 4 nitrogen and oxygen atoms in total. The molecule has 2 aromatic carbocycles. The van der Waals surface area contributed by atoms with Crippen LogP contribution in [0.5, 0.6) is 0 Å². The molecule has 136 valence electrons. The second-order valence-electron chi connectivity index (χ2n) is 7.08. The first-order valence-electron chi connectivity index (χ1n) is 9.24. The summed E-state index contributed by atoms with van der Waals surface area (Å²) in [5.74, 6) is -0.169. The minimum Gasteiger partial charge on any atom is -0.349 e. The molecule has 0 aromatic heterocycles. The Bertz CT molecular complexity index is 783. The van der Waals surface area contributed by atoms with Crippen LogP contribution in [0.4, 0.5) is 0 Å².